The lowest BCUT2D eigenvalue weighted by atomic mass is 9.89. The molecular weight excluding hydrogens is 495 g/mol. The van der Waals surface area contributed by atoms with Crippen LogP contribution in [-0.4, -0.2) is 52.3 Å². The molecule has 1 aliphatic carbocycles. The molecule has 1 saturated carbocycles. The van der Waals surface area contributed by atoms with E-state index in [9.17, 15) is 4.79 Å². The van der Waals surface area contributed by atoms with Crippen LogP contribution in [0.4, 0.5) is 0 Å². The maximum Gasteiger partial charge on any atom is 0.223 e. The summed E-state index contributed by atoms with van der Waals surface area (Å²) in [6.45, 7) is 4.74. The van der Waals surface area contributed by atoms with Crippen molar-refractivity contribution in [3.63, 3.8) is 0 Å². The van der Waals surface area contributed by atoms with Gasteiger partial charge in [-0.1, -0.05) is 25.3 Å². The first-order chi connectivity index (χ1) is 14.2. The van der Waals surface area contributed by atoms with Crippen molar-refractivity contribution in [1.82, 2.24) is 16.0 Å². The summed E-state index contributed by atoms with van der Waals surface area (Å²) < 4.78 is 10.6. The molecule has 0 saturated heterocycles. The molecule has 1 amide bonds. The largest absolute Gasteiger partial charge is 0.493 e. The van der Waals surface area contributed by atoms with Crippen molar-refractivity contribution in [2.45, 2.75) is 45.4 Å². The summed E-state index contributed by atoms with van der Waals surface area (Å²) in [5, 5.41) is 9.57. The van der Waals surface area contributed by atoms with Gasteiger partial charge in [0, 0.05) is 32.1 Å². The van der Waals surface area contributed by atoms with E-state index < -0.39 is 0 Å². The van der Waals surface area contributed by atoms with Gasteiger partial charge in [-0.15, -0.1) is 24.0 Å². The Bertz CT molecular complexity index is 664. The maximum atomic E-state index is 12.2. The first-order valence-corrected chi connectivity index (χ1v) is 10.7. The Morgan fingerprint density at radius 3 is 2.40 bits per heavy atom. The van der Waals surface area contributed by atoms with E-state index >= 15 is 0 Å². The molecule has 1 aromatic rings. The molecule has 1 aliphatic rings. The highest BCUT2D eigenvalue weighted by atomic mass is 127. The minimum atomic E-state index is 0. The zero-order chi connectivity index (χ0) is 20.9. The van der Waals surface area contributed by atoms with Crippen LogP contribution in [0.15, 0.2) is 23.2 Å². The van der Waals surface area contributed by atoms with Crippen LogP contribution in [-0.2, 0) is 11.2 Å². The van der Waals surface area contributed by atoms with E-state index in [1.165, 1.54) is 19.3 Å². The standard InChI is InChI=1S/C22H36N4O3.HI/c1-4-23-22(26-15-14-24-21(27)18-8-6-5-7-9-18)25-13-12-17-10-11-19(28-2)20(16-17)29-3;/h10-11,16,18H,4-9,12-15H2,1-3H3,(H,24,27)(H2,23,25,26);1H. The Labute approximate surface area is 197 Å². The van der Waals surface area contributed by atoms with Crippen molar-refractivity contribution in [1.29, 1.82) is 0 Å². The summed E-state index contributed by atoms with van der Waals surface area (Å²) in [5.74, 6) is 2.62. The minimum absolute atomic E-state index is 0. The Kier molecular flexibility index (Phi) is 13.3. The number of carbonyl (C=O) groups excluding carboxylic acids is 1. The molecule has 1 fully saturated rings. The molecule has 0 heterocycles. The predicted molar refractivity (Wildman–Crippen MR) is 132 cm³/mol. The van der Waals surface area contributed by atoms with Gasteiger partial charge in [0.15, 0.2) is 17.5 Å². The number of carbonyl (C=O) groups is 1. The number of hydrogen-bond donors (Lipinski definition) is 3. The predicted octanol–water partition coefficient (Wildman–Crippen LogP) is 3.12. The lowest BCUT2D eigenvalue weighted by molar-refractivity contribution is -0.125. The number of guanidine groups is 1. The van der Waals surface area contributed by atoms with Crippen molar-refractivity contribution in [3.8, 4) is 11.5 Å². The Morgan fingerprint density at radius 1 is 1.03 bits per heavy atom. The number of benzene rings is 1. The van der Waals surface area contributed by atoms with Gasteiger partial charge in [-0.05, 0) is 43.9 Å². The number of amides is 1. The second kappa shape index (κ2) is 15.1. The molecule has 0 aromatic heterocycles. The average Bonchev–Trinajstić information content (AvgIpc) is 2.76. The molecule has 0 atom stereocenters. The molecule has 0 radical (unpaired) electrons. The van der Waals surface area contributed by atoms with E-state index in [-0.39, 0.29) is 35.8 Å². The lowest BCUT2D eigenvalue weighted by Gasteiger charge is -2.21. The van der Waals surface area contributed by atoms with Gasteiger partial charge in [0.05, 0.1) is 14.2 Å². The zero-order valence-electron chi connectivity index (χ0n) is 18.5. The van der Waals surface area contributed by atoms with E-state index in [0.717, 1.165) is 48.8 Å². The van der Waals surface area contributed by atoms with Crippen LogP contribution in [0.5, 0.6) is 11.5 Å². The summed E-state index contributed by atoms with van der Waals surface area (Å²) in [6, 6.07) is 5.92. The van der Waals surface area contributed by atoms with Gasteiger partial charge >= 0.3 is 0 Å². The molecule has 3 N–H and O–H groups in total. The fourth-order valence-electron chi connectivity index (χ4n) is 3.55. The average molecular weight is 532 g/mol. The van der Waals surface area contributed by atoms with Gasteiger partial charge in [0.2, 0.25) is 5.91 Å². The SMILES string of the molecule is CCNC(=NCCc1ccc(OC)c(OC)c1)NCCNC(=O)C1CCCCC1.I. The number of ether oxygens (including phenoxy) is 2. The van der Waals surface area contributed by atoms with Gasteiger partial charge in [-0.2, -0.15) is 0 Å². The second-order valence-electron chi connectivity index (χ2n) is 7.25. The topological polar surface area (TPSA) is 84.0 Å². The van der Waals surface area contributed by atoms with E-state index in [1.54, 1.807) is 14.2 Å². The fourth-order valence-corrected chi connectivity index (χ4v) is 3.55. The van der Waals surface area contributed by atoms with E-state index in [4.69, 9.17) is 9.47 Å². The number of methoxy groups -OCH3 is 2. The molecule has 2 rings (SSSR count). The number of rotatable bonds is 10. The molecule has 0 bridgehead atoms. The smallest absolute Gasteiger partial charge is 0.223 e. The van der Waals surface area contributed by atoms with Gasteiger partial charge in [-0.3, -0.25) is 9.79 Å². The summed E-state index contributed by atoms with van der Waals surface area (Å²) >= 11 is 0. The van der Waals surface area contributed by atoms with Crippen LogP contribution < -0.4 is 25.4 Å². The fraction of sp³-hybridized carbons (Fsp3) is 0.636. The van der Waals surface area contributed by atoms with E-state index in [1.807, 2.05) is 25.1 Å². The minimum Gasteiger partial charge on any atom is -0.493 e. The van der Waals surface area contributed by atoms with Gasteiger partial charge in [0.25, 0.3) is 0 Å². The Hall–Kier alpha value is -1.71. The van der Waals surface area contributed by atoms with Crippen LogP contribution in [0.3, 0.4) is 0 Å². The van der Waals surface area contributed by atoms with Crippen LogP contribution in [0, 0.1) is 5.92 Å². The van der Waals surface area contributed by atoms with Crippen molar-refractivity contribution in [2.75, 3.05) is 40.4 Å². The van der Waals surface area contributed by atoms with Crippen molar-refractivity contribution >= 4 is 35.8 Å². The number of aliphatic imine (C=N–C) groups is 1. The number of nitrogens with zero attached hydrogens (tertiary/aromatic N) is 1. The molecule has 0 unspecified atom stereocenters. The molecule has 30 heavy (non-hydrogen) atoms. The highest BCUT2D eigenvalue weighted by Crippen LogP contribution is 2.27. The summed E-state index contributed by atoms with van der Waals surface area (Å²) in [7, 11) is 3.27. The maximum absolute atomic E-state index is 12.2. The molecule has 7 nitrogen and oxygen atoms in total. The highest BCUT2D eigenvalue weighted by molar-refractivity contribution is 14.0. The summed E-state index contributed by atoms with van der Waals surface area (Å²) in [4.78, 5) is 16.8. The second-order valence-corrected chi connectivity index (χ2v) is 7.25. The molecule has 0 spiro atoms. The summed E-state index contributed by atoms with van der Waals surface area (Å²) in [5.41, 5.74) is 1.14. The van der Waals surface area contributed by atoms with Crippen LogP contribution in [0.1, 0.15) is 44.6 Å². The molecule has 1 aromatic carbocycles. The van der Waals surface area contributed by atoms with Crippen molar-refractivity contribution in [3.05, 3.63) is 23.8 Å². The monoisotopic (exact) mass is 532 g/mol. The number of nitrogens with one attached hydrogen (secondary N) is 3. The van der Waals surface area contributed by atoms with Crippen LogP contribution >= 0.6 is 24.0 Å². The third-order valence-corrected chi connectivity index (χ3v) is 5.16. The quantitative estimate of drug-likeness (QED) is 0.187. The number of halogens is 1. The van der Waals surface area contributed by atoms with Crippen molar-refractivity contribution in [2.24, 2.45) is 10.9 Å². The Morgan fingerprint density at radius 2 is 1.73 bits per heavy atom. The van der Waals surface area contributed by atoms with Crippen LogP contribution in [0.25, 0.3) is 0 Å². The van der Waals surface area contributed by atoms with E-state index in [0.29, 0.717) is 19.6 Å². The van der Waals surface area contributed by atoms with Gasteiger partial charge in [-0.25, -0.2) is 0 Å². The molecular formula is C22H37IN4O3. The highest BCUT2D eigenvalue weighted by Gasteiger charge is 2.20. The third kappa shape index (κ3) is 8.97. The van der Waals surface area contributed by atoms with Gasteiger partial charge in [0.1, 0.15) is 0 Å². The van der Waals surface area contributed by atoms with E-state index in [2.05, 4.69) is 20.9 Å². The molecule has 0 aliphatic heterocycles. The lowest BCUT2D eigenvalue weighted by Crippen LogP contribution is -2.42. The number of hydrogen-bond acceptors (Lipinski definition) is 4. The van der Waals surface area contributed by atoms with Gasteiger partial charge < -0.3 is 25.4 Å². The van der Waals surface area contributed by atoms with Crippen LogP contribution in [0.2, 0.25) is 0 Å². The Balaban J connectivity index is 0.00000450. The normalized spacial score (nSPS) is 14.4. The summed E-state index contributed by atoms with van der Waals surface area (Å²) in [6.07, 6.45) is 6.47. The molecule has 8 heteroatoms. The first-order valence-electron chi connectivity index (χ1n) is 10.7. The first kappa shape index (κ1) is 26.3. The van der Waals surface area contributed by atoms with Crippen molar-refractivity contribution < 1.29 is 14.3 Å². The molecule has 170 valence electrons. The zero-order valence-corrected chi connectivity index (χ0v) is 20.8. The third-order valence-electron chi connectivity index (χ3n) is 5.16.